The highest BCUT2D eigenvalue weighted by molar-refractivity contribution is 6.25. The minimum atomic E-state index is -0.971. The van der Waals surface area contributed by atoms with Crippen molar-refractivity contribution in [3.8, 4) is 0 Å². The van der Waals surface area contributed by atoms with Gasteiger partial charge in [-0.15, -0.1) is 0 Å². The average Bonchev–Trinajstić information content (AvgIpc) is 2.32. The number of hydrogen-bond acceptors (Lipinski definition) is 5. The summed E-state index contributed by atoms with van der Waals surface area (Å²) >= 11 is 0. The Morgan fingerprint density at radius 2 is 2.00 bits per heavy atom. The van der Waals surface area contributed by atoms with Crippen molar-refractivity contribution in [1.29, 1.82) is 0 Å². The van der Waals surface area contributed by atoms with Crippen LogP contribution in [-0.4, -0.2) is 46.9 Å². The van der Waals surface area contributed by atoms with Crippen LogP contribution in [0.5, 0.6) is 0 Å². The molecule has 1 atom stereocenters. The number of Topliss-reactive ketones (excluding diaryl/α,β-unsaturated/α-hetero) is 1. The summed E-state index contributed by atoms with van der Waals surface area (Å²) in [4.78, 5) is 37.0. The molecule has 0 aliphatic rings. The molecule has 1 amide bonds. The van der Waals surface area contributed by atoms with Crippen LogP contribution in [0.1, 0.15) is 33.6 Å². The molecular weight excluding hydrogens is 264 g/mol. The molecular formula is C12H20N4O4. The van der Waals surface area contributed by atoms with E-state index in [4.69, 9.17) is 16.0 Å². The molecule has 8 heteroatoms. The van der Waals surface area contributed by atoms with Crippen LogP contribution in [0, 0.1) is 0 Å². The van der Waals surface area contributed by atoms with Crippen LogP contribution in [0.3, 0.4) is 0 Å². The quantitative estimate of drug-likeness (QED) is 0.279. The molecule has 20 heavy (non-hydrogen) atoms. The first-order valence-corrected chi connectivity index (χ1v) is 6.12. The van der Waals surface area contributed by atoms with Crippen molar-refractivity contribution in [2.45, 2.75) is 45.3 Å². The second kappa shape index (κ2) is 8.19. The van der Waals surface area contributed by atoms with Gasteiger partial charge in [0.2, 0.25) is 11.7 Å². The normalized spacial score (nSPS) is 12.0. The van der Waals surface area contributed by atoms with Crippen LogP contribution in [0.15, 0.2) is 0 Å². The van der Waals surface area contributed by atoms with E-state index in [-0.39, 0.29) is 19.4 Å². The molecule has 0 aromatic rings. The highest BCUT2D eigenvalue weighted by atomic mass is 16.6. The minimum Gasteiger partial charge on any atom is -0.458 e. The van der Waals surface area contributed by atoms with Crippen molar-refractivity contribution in [2.75, 3.05) is 6.54 Å². The predicted molar refractivity (Wildman–Crippen MR) is 70.8 cm³/mol. The summed E-state index contributed by atoms with van der Waals surface area (Å²) in [5.74, 6) is -1.64. The molecule has 0 aromatic heterocycles. The zero-order chi connectivity index (χ0) is 15.8. The smallest absolute Gasteiger partial charge is 0.329 e. The molecule has 0 radical (unpaired) electrons. The van der Waals surface area contributed by atoms with Crippen molar-refractivity contribution in [1.82, 2.24) is 5.32 Å². The molecule has 112 valence electrons. The van der Waals surface area contributed by atoms with Crippen LogP contribution >= 0.6 is 0 Å². The zero-order valence-electron chi connectivity index (χ0n) is 11.9. The molecule has 8 nitrogen and oxygen atoms in total. The maximum atomic E-state index is 11.9. The topological polar surface area (TPSA) is 135 Å². The molecule has 0 fully saturated rings. The molecule has 0 aliphatic carbocycles. The molecule has 0 bridgehead atoms. The minimum absolute atomic E-state index is 0.0332. The second-order valence-corrected chi connectivity index (χ2v) is 5.11. The molecule has 0 heterocycles. The number of carbonyl (C=O) groups excluding carboxylic acids is 3. The Labute approximate surface area is 117 Å². The van der Waals surface area contributed by atoms with E-state index < -0.39 is 29.3 Å². The van der Waals surface area contributed by atoms with Gasteiger partial charge in [0.15, 0.2) is 0 Å². The van der Waals surface area contributed by atoms with Gasteiger partial charge in [0.05, 0.1) is 6.54 Å². The number of amides is 1. The van der Waals surface area contributed by atoms with Gasteiger partial charge in [0, 0.05) is 6.42 Å². The molecule has 0 spiro atoms. The SMILES string of the molecule is CC(C)(C)OC(=O)[C@H](CCC(=O)C=[N+]=[N-])NC(=O)CN. The Hall–Kier alpha value is -2.05. The fraction of sp³-hybridized carbons (Fsp3) is 0.667. The number of ether oxygens (including phenoxy) is 1. The van der Waals surface area contributed by atoms with Crippen molar-refractivity contribution in [3.05, 3.63) is 5.53 Å². The first-order chi connectivity index (χ1) is 9.19. The lowest BCUT2D eigenvalue weighted by molar-refractivity contribution is -0.158. The number of nitrogens with two attached hydrogens (primary N) is 1. The molecule has 0 rings (SSSR count). The zero-order valence-corrected chi connectivity index (χ0v) is 11.9. The van der Waals surface area contributed by atoms with Crippen molar-refractivity contribution >= 4 is 23.9 Å². The van der Waals surface area contributed by atoms with Gasteiger partial charge in [0.1, 0.15) is 11.6 Å². The summed E-state index contributed by atoms with van der Waals surface area (Å²) in [6.07, 6.45) is 0.696. The standard InChI is InChI=1S/C12H20N4O4/c1-12(2,3)20-11(19)9(16-10(18)6-13)5-4-8(17)7-15-14/h7,9H,4-6,13H2,1-3H3,(H,16,18)/t9-/m0/s1. The van der Waals surface area contributed by atoms with E-state index in [1.54, 1.807) is 20.8 Å². The van der Waals surface area contributed by atoms with Gasteiger partial charge in [-0.25, -0.2) is 4.79 Å². The van der Waals surface area contributed by atoms with Crippen LogP contribution in [0.4, 0.5) is 0 Å². The third-order valence-corrected chi connectivity index (χ3v) is 2.09. The summed E-state index contributed by atoms with van der Waals surface area (Å²) < 4.78 is 5.15. The first kappa shape index (κ1) is 17.9. The summed E-state index contributed by atoms with van der Waals surface area (Å²) in [6.45, 7) is 4.80. The van der Waals surface area contributed by atoms with Crippen molar-refractivity contribution in [2.24, 2.45) is 5.73 Å². The van der Waals surface area contributed by atoms with E-state index in [1.807, 2.05) is 0 Å². The Bertz CT molecular complexity index is 422. The highest BCUT2D eigenvalue weighted by Crippen LogP contribution is 2.10. The van der Waals surface area contributed by atoms with Gasteiger partial charge < -0.3 is 21.3 Å². The van der Waals surface area contributed by atoms with Crippen LogP contribution < -0.4 is 11.1 Å². The van der Waals surface area contributed by atoms with E-state index >= 15 is 0 Å². The van der Waals surface area contributed by atoms with Crippen LogP contribution in [0.2, 0.25) is 0 Å². The molecule has 3 N–H and O–H groups in total. The number of nitrogens with one attached hydrogen (secondary N) is 1. The lowest BCUT2D eigenvalue weighted by Gasteiger charge is -2.24. The summed E-state index contributed by atoms with van der Waals surface area (Å²) in [5, 5.41) is 2.39. The van der Waals surface area contributed by atoms with E-state index in [2.05, 4.69) is 10.1 Å². The Morgan fingerprint density at radius 3 is 2.45 bits per heavy atom. The van der Waals surface area contributed by atoms with E-state index in [0.717, 1.165) is 6.21 Å². The maximum Gasteiger partial charge on any atom is 0.329 e. The van der Waals surface area contributed by atoms with Crippen molar-refractivity contribution < 1.29 is 23.9 Å². The lowest BCUT2D eigenvalue weighted by Crippen LogP contribution is -2.46. The summed E-state index contributed by atoms with van der Waals surface area (Å²) in [7, 11) is 0. The first-order valence-electron chi connectivity index (χ1n) is 6.12. The monoisotopic (exact) mass is 284 g/mol. The second-order valence-electron chi connectivity index (χ2n) is 5.11. The lowest BCUT2D eigenvalue weighted by atomic mass is 10.1. The summed E-state index contributed by atoms with van der Waals surface area (Å²) in [5.41, 5.74) is 12.7. The van der Waals surface area contributed by atoms with Crippen LogP contribution in [-0.2, 0) is 19.1 Å². The third kappa shape index (κ3) is 8.12. The molecule has 0 aliphatic heterocycles. The Kier molecular flexibility index (Phi) is 7.35. The van der Waals surface area contributed by atoms with Gasteiger partial charge in [-0.05, 0) is 27.2 Å². The number of ketones is 1. The number of esters is 1. The van der Waals surface area contributed by atoms with E-state index in [1.165, 1.54) is 0 Å². The third-order valence-electron chi connectivity index (χ3n) is 2.09. The summed E-state index contributed by atoms with van der Waals surface area (Å²) in [6, 6.07) is -0.971. The Morgan fingerprint density at radius 1 is 1.40 bits per heavy atom. The highest BCUT2D eigenvalue weighted by Gasteiger charge is 2.27. The van der Waals surface area contributed by atoms with Gasteiger partial charge in [-0.1, -0.05) is 0 Å². The van der Waals surface area contributed by atoms with Gasteiger partial charge in [-0.2, -0.15) is 4.79 Å². The van der Waals surface area contributed by atoms with E-state index in [9.17, 15) is 14.4 Å². The van der Waals surface area contributed by atoms with Crippen molar-refractivity contribution in [3.63, 3.8) is 0 Å². The molecule has 0 saturated carbocycles. The molecule has 0 aromatic carbocycles. The van der Waals surface area contributed by atoms with Crippen LogP contribution in [0.25, 0.3) is 5.53 Å². The number of carbonyl (C=O) groups is 3. The number of rotatable bonds is 7. The van der Waals surface area contributed by atoms with E-state index in [0.29, 0.717) is 0 Å². The molecule has 0 unspecified atom stereocenters. The van der Waals surface area contributed by atoms with Gasteiger partial charge in [0.25, 0.3) is 0 Å². The number of hydrogen-bond donors (Lipinski definition) is 2. The maximum absolute atomic E-state index is 11.9. The van der Waals surface area contributed by atoms with Gasteiger partial charge in [-0.3, -0.25) is 9.59 Å². The number of nitrogens with zero attached hydrogens (tertiary/aromatic N) is 2. The molecule has 0 saturated heterocycles. The largest absolute Gasteiger partial charge is 0.458 e. The fourth-order valence-corrected chi connectivity index (χ4v) is 1.29. The average molecular weight is 284 g/mol. The fourth-order valence-electron chi connectivity index (χ4n) is 1.29. The van der Waals surface area contributed by atoms with Gasteiger partial charge >= 0.3 is 12.2 Å². The Balaban J connectivity index is 4.71. The predicted octanol–water partition coefficient (Wildman–Crippen LogP) is -0.578.